The summed E-state index contributed by atoms with van der Waals surface area (Å²) >= 11 is 3.49. The molecule has 0 spiro atoms. The molecule has 3 aromatic heterocycles. The summed E-state index contributed by atoms with van der Waals surface area (Å²) < 4.78 is 7.60. The van der Waals surface area contributed by atoms with Crippen LogP contribution in [-0.2, 0) is 31.6 Å². The second-order valence-electron chi connectivity index (χ2n) is 5.66. The molecule has 1 aliphatic rings. The van der Waals surface area contributed by atoms with Gasteiger partial charge < -0.3 is 9.09 Å². The maximum atomic E-state index is 5.48. The van der Waals surface area contributed by atoms with E-state index in [-0.39, 0.29) is 0 Å². The van der Waals surface area contributed by atoms with Crippen LogP contribution in [0.25, 0.3) is 0 Å². The zero-order valence-corrected chi connectivity index (χ0v) is 14.4. The van der Waals surface area contributed by atoms with E-state index in [4.69, 9.17) is 4.52 Å². The molecule has 4 rings (SSSR count). The summed E-state index contributed by atoms with van der Waals surface area (Å²) in [5.74, 6) is 1.89. The van der Waals surface area contributed by atoms with Crippen LogP contribution in [0, 0.1) is 0 Å². The first kappa shape index (κ1) is 15.0. The van der Waals surface area contributed by atoms with Crippen molar-refractivity contribution in [3.63, 3.8) is 0 Å². The van der Waals surface area contributed by atoms with E-state index in [1.165, 1.54) is 23.3 Å². The zero-order chi connectivity index (χ0) is 15.5. The molecule has 0 N–H and O–H groups in total. The molecule has 0 saturated heterocycles. The fourth-order valence-electron chi connectivity index (χ4n) is 2.89. The maximum Gasteiger partial charge on any atom is 0.191 e. The number of fused-ring (bicyclic) bond motifs is 1. The van der Waals surface area contributed by atoms with Crippen LogP contribution in [0.3, 0.4) is 0 Å². The second kappa shape index (κ2) is 6.88. The van der Waals surface area contributed by atoms with Crippen LogP contribution in [-0.4, -0.2) is 19.9 Å². The summed E-state index contributed by atoms with van der Waals surface area (Å²) in [5, 5.41) is 15.6. The molecular weight excluding hydrogens is 328 g/mol. The third-order valence-electron chi connectivity index (χ3n) is 4.13. The third-order valence-corrected chi connectivity index (χ3v) is 6.06. The molecule has 3 aromatic rings. The highest BCUT2D eigenvalue weighted by Crippen LogP contribution is 2.28. The van der Waals surface area contributed by atoms with Crippen molar-refractivity contribution in [3.8, 4) is 0 Å². The van der Waals surface area contributed by atoms with Crippen molar-refractivity contribution in [3.05, 3.63) is 45.7 Å². The molecule has 120 valence electrons. The first-order valence-electron chi connectivity index (χ1n) is 7.89. The summed E-state index contributed by atoms with van der Waals surface area (Å²) in [4.78, 5) is 1.39. The van der Waals surface area contributed by atoms with Crippen molar-refractivity contribution in [2.45, 2.75) is 49.6 Å². The van der Waals surface area contributed by atoms with Gasteiger partial charge in [-0.2, -0.15) is 0 Å². The molecule has 23 heavy (non-hydrogen) atoms. The van der Waals surface area contributed by atoms with E-state index in [0.29, 0.717) is 0 Å². The Bertz CT molecular complexity index is 763. The Kier molecular flexibility index (Phi) is 4.48. The monoisotopic (exact) mass is 346 g/mol. The van der Waals surface area contributed by atoms with E-state index in [1.54, 1.807) is 23.1 Å². The predicted octanol–water partition coefficient (Wildman–Crippen LogP) is 3.74. The molecular formula is C16H18N4OS2. The lowest BCUT2D eigenvalue weighted by molar-refractivity contribution is 0.369. The van der Waals surface area contributed by atoms with Crippen molar-refractivity contribution in [2.75, 3.05) is 0 Å². The van der Waals surface area contributed by atoms with Crippen molar-refractivity contribution < 1.29 is 4.52 Å². The number of rotatable bonds is 6. The minimum absolute atomic E-state index is 0.802. The lowest BCUT2D eigenvalue weighted by Crippen LogP contribution is -2.03. The Hall–Kier alpha value is -1.60. The standard InChI is InChI=1S/C16H18N4OS2/c1-2-6-15-13(5-1)14(19-21-15)10-23-16-18-17-11-20(16)8-7-12-4-3-9-22-12/h3-4,9,11H,1-2,5-8,10H2. The molecule has 5 nitrogen and oxygen atoms in total. The van der Waals surface area contributed by atoms with Gasteiger partial charge in [0.15, 0.2) is 5.16 Å². The van der Waals surface area contributed by atoms with Crippen LogP contribution >= 0.6 is 23.1 Å². The smallest absolute Gasteiger partial charge is 0.191 e. The highest BCUT2D eigenvalue weighted by Gasteiger charge is 2.19. The number of thioether (sulfide) groups is 1. The number of thiophene rings is 1. The SMILES string of the molecule is c1csc(CCn2cnnc2SCc2noc3c2CCCC3)c1. The van der Waals surface area contributed by atoms with E-state index in [9.17, 15) is 0 Å². The zero-order valence-electron chi connectivity index (χ0n) is 12.8. The predicted molar refractivity (Wildman–Crippen MR) is 90.8 cm³/mol. The van der Waals surface area contributed by atoms with Crippen molar-refractivity contribution in [1.82, 2.24) is 19.9 Å². The summed E-state index contributed by atoms with van der Waals surface area (Å²) in [5.41, 5.74) is 2.41. The van der Waals surface area contributed by atoms with Gasteiger partial charge in [-0.15, -0.1) is 21.5 Å². The van der Waals surface area contributed by atoms with Crippen LogP contribution in [0.2, 0.25) is 0 Å². The van der Waals surface area contributed by atoms with Crippen LogP contribution in [0.4, 0.5) is 0 Å². The Balaban J connectivity index is 1.40. The van der Waals surface area contributed by atoms with E-state index >= 15 is 0 Å². The molecule has 0 aliphatic heterocycles. The van der Waals surface area contributed by atoms with Crippen LogP contribution < -0.4 is 0 Å². The van der Waals surface area contributed by atoms with Crippen LogP contribution in [0.15, 0.2) is 33.5 Å². The minimum Gasteiger partial charge on any atom is -0.361 e. The highest BCUT2D eigenvalue weighted by atomic mass is 32.2. The lowest BCUT2D eigenvalue weighted by atomic mass is 9.97. The Morgan fingerprint density at radius 1 is 1.30 bits per heavy atom. The molecule has 0 bridgehead atoms. The topological polar surface area (TPSA) is 56.7 Å². The molecule has 0 radical (unpaired) electrons. The number of aryl methyl sites for hydroxylation is 3. The lowest BCUT2D eigenvalue weighted by Gasteiger charge is -2.09. The van der Waals surface area contributed by atoms with Gasteiger partial charge >= 0.3 is 0 Å². The van der Waals surface area contributed by atoms with E-state index in [2.05, 4.69) is 37.4 Å². The molecule has 1 aliphatic carbocycles. The van der Waals surface area contributed by atoms with Gasteiger partial charge in [-0.05, 0) is 37.1 Å². The van der Waals surface area contributed by atoms with Gasteiger partial charge in [0.25, 0.3) is 0 Å². The summed E-state index contributed by atoms with van der Waals surface area (Å²) in [6.07, 6.45) is 7.41. The van der Waals surface area contributed by atoms with Crippen molar-refractivity contribution in [1.29, 1.82) is 0 Å². The molecule has 0 saturated carbocycles. The molecule has 0 unspecified atom stereocenters. The molecule has 7 heteroatoms. The first-order chi connectivity index (χ1) is 11.4. The van der Waals surface area contributed by atoms with Gasteiger partial charge in [-0.25, -0.2) is 0 Å². The van der Waals surface area contributed by atoms with E-state index < -0.39 is 0 Å². The Morgan fingerprint density at radius 3 is 3.17 bits per heavy atom. The fourth-order valence-corrected chi connectivity index (χ4v) is 4.49. The fraction of sp³-hybridized carbons (Fsp3) is 0.438. The average Bonchev–Trinajstić information content (AvgIpc) is 3.31. The van der Waals surface area contributed by atoms with Gasteiger partial charge in [0, 0.05) is 29.2 Å². The first-order valence-corrected chi connectivity index (χ1v) is 9.76. The van der Waals surface area contributed by atoms with Gasteiger partial charge in [0.05, 0.1) is 5.69 Å². The van der Waals surface area contributed by atoms with Gasteiger partial charge in [0.1, 0.15) is 12.1 Å². The Morgan fingerprint density at radius 2 is 2.26 bits per heavy atom. The summed E-state index contributed by atoms with van der Waals surface area (Å²) in [6, 6.07) is 4.26. The summed E-state index contributed by atoms with van der Waals surface area (Å²) in [7, 11) is 0. The number of hydrogen-bond donors (Lipinski definition) is 0. The van der Waals surface area contributed by atoms with Crippen LogP contribution in [0.1, 0.15) is 34.7 Å². The molecule has 0 amide bonds. The Labute approximate surface area is 143 Å². The number of nitrogens with zero attached hydrogens (tertiary/aromatic N) is 4. The van der Waals surface area contributed by atoms with E-state index in [0.717, 1.165) is 48.2 Å². The van der Waals surface area contributed by atoms with Crippen LogP contribution in [0.5, 0.6) is 0 Å². The largest absolute Gasteiger partial charge is 0.361 e. The van der Waals surface area contributed by atoms with E-state index in [1.807, 2.05) is 6.33 Å². The summed E-state index contributed by atoms with van der Waals surface area (Å²) in [6.45, 7) is 0.909. The van der Waals surface area contributed by atoms with Crippen molar-refractivity contribution >= 4 is 23.1 Å². The molecule has 0 fully saturated rings. The molecule has 0 atom stereocenters. The highest BCUT2D eigenvalue weighted by molar-refractivity contribution is 7.98. The number of aromatic nitrogens is 4. The number of hydrogen-bond acceptors (Lipinski definition) is 6. The van der Waals surface area contributed by atoms with Crippen molar-refractivity contribution in [2.24, 2.45) is 0 Å². The van der Waals surface area contributed by atoms with Gasteiger partial charge in [-0.3, -0.25) is 0 Å². The molecule has 0 aromatic carbocycles. The molecule has 3 heterocycles. The average molecular weight is 346 g/mol. The quantitative estimate of drug-likeness (QED) is 0.636. The second-order valence-corrected chi connectivity index (χ2v) is 7.64. The maximum absolute atomic E-state index is 5.48. The van der Waals surface area contributed by atoms with Gasteiger partial charge in [0.2, 0.25) is 0 Å². The minimum atomic E-state index is 0.802. The normalized spacial score (nSPS) is 14.1. The third kappa shape index (κ3) is 3.35. The van der Waals surface area contributed by atoms with Gasteiger partial charge in [-0.1, -0.05) is 23.0 Å².